The number of piperidine rings is 1. The molecule has 2 heteroatoms. The van der Waals surface area contributed by atoms with E-state index in [1.807, 2.05) is 0 Å². The number of hydrogen-bond acceptors (Lipinski definition) is 2. The van der Waals surface area contributed by atoms with Crippen molar-refractivity contribution in [1.29, 1.82) is 0 Å². The zero-order valence-electron chi connectivity index (χ0n) is 13.8. The van der Waals surface area contributed by atoms with Gasteiger partial charge in [-0.3, -0.25) is 0 Å². The van der Waals surface area contributed by atoms with Crippen LogP contribution in [-0.2, 0) is 0 Å². The molecule has 0 aromatic rings. The first kappa shape index (κ1) is 16.3. The summed E-state index contributed by atoms with van der Waals surface area (Å²) < 4.78 is 0. The van der Waals surface area contributed by atoms with E-state index in [4.69, 9.17) is 5.73 Å². The third-order valence-corrected chi connectivity index (χ3v) is 5.74. The second kappa shape index (κ2) is 8.38. The van der Waals surface area contributed by atoms with Gasteiger partial charge in [-0.25, -0.2) is 0 Å². The van der Waals surface area contributed by atoms with Gasteiger partial charge < -0.3 is 10.6 Å². The van der Waals surface area contributed by atoms with Gasteiger partial charge in [-0.05, 0) is 62.9 Å². The topological polar surface area (TPSA) is 29.3 Å². The van der Waals surface area contributed by atoms with Crippen LogP contribution in [0.25, 0.3) is 0 Å². The molecule has 1 aliphatic carbocycles. The highest BCUT2D eigenvalue weighted by molar-refractivity contribution is 4.85. The van der Waals surface area contributed by atoms with Crippen molar-refractivity contribution in [3.05, 3.63) is 0 Å². The molecule has 0 radical (unpaired) electrons. The molecule has 2 rings (SSSR count). The summed E-state index contributed by atoms with van der Waals surface area (Å²) in [6.07, 6.45) is 12.4. The van der Waals surface area contributed by atoms with E-state index < -0.39 is 0 Å². The van der Waals surface area contributed by atoms with Gasteiger partial charge in [0.2, 0.25) is 0 Å². The smallest absolute Gasteiger partial charge is 0.00795 e. The third kappa shape index (κ3) is 4.73. The van der Waals surface area contributed by atoms with Crippen LogP contribution in [0.5, 0.6) is 0 Å². The first-order valence-corrected chi connectivity index (χ1v) is 9.20. The summed E-state index contributed by atoms with van der Waals surface area (Å²) in [4.78, 5) is 2.71. The monoisotopic (exact) mass is 280 g/mol. The molecular formula is C18H36N2. The Labute approximate surface area is 126 Å². The number of nitrogens with two attached hydrogens (primary N) is 1. The molecule has 2 fully saturated rings. The van der Waals surface area contributed by atoms with Gasteiger partial charge in [0.05, 0.1) is 0 Å². The zero-order chi connectivity index (χ0) is 14.4. The van der Waals surface area contributed by atoms with Crippen LogP contribution in [0.3, 0.4) is 0 Å². The van der Waals surface area contributed by atoms with Crippen molar-refractivity contribution in [3.63, 3.8) is 0 Å². The fourth-order valence-electron chi connectivity index (χ4n) is 4.46. The van der Waals surface area contributed by atoms with Gasteiger partial charge in [0.1, 0.15) is 0 Å². The number of likely N-dealkylation sites (tertiary alicyclic amines) is 1. The van der Waals surface area contributed by atoms with Crippen LogP contribution in [0.2, 0.25) is 0 Å². The van der Waals surface area contributed by atoms with E-state index in [-0.39, 0.29) is 0 Å². The van der Waals surface area contributed by atoms with Gasteiger partial charge in [0.15, 0.2) is 0 Å². The van der Waals surface area contributed by atoms with Crippen molar-refractivity contribution < 1.29 is 0 Å². The molecule has 2 N–H and O–H groups in total. The molecule has 2 aliphatic rings. The highest BCUT2D eigenvalue weighted by Gasteiger charge is 2.30. The summed E-state index contributed by atoms with van der Waals surface area (Å²) >= 11 is 0. The molecule has 1 saturated carbocycles. The standard InChI is InChI=1S/C18H36N2/c1-3-5-15-9-11-20(12-10-15)14-17-13-16(6-4-2)7-8-18(17)19/h15-18H,3-14,19H2,1-2H3. The first-order valence-electron chi connectivity index (χ1n) is 9.20. The van der Waals surface area contributed by atoms with E-state index in [9.17, 15) is 0 Å². The summed E-state index contributed by atoms with van der Waals surface area (Å²) in [5.74, 6) is 2.73. The summed E-state index contributed by atoms with van der Waals surface area (Å²) in [5, 5.41) is 0. The predicted molar refractivity (Wildman–Crippen MR) is 87.8 cm³/mol. The number of rotatable bonds is 6. The largest absolute Gasteiger partial charge is 0.327 e. The van der Waals surface area contributed by atoms with Gasteiger partial charge in [-0.1, -0.05) is 39.5 Å². The second-order valence-electron chi connectivity index (χ2n) is 7.42. The average molecular weight is 280 g/mol. The second-order valence-corrected chi connectivity index (χ2v) is 7.42. The molecule has 0 aromatic heterocycles. The summed E-state index contributed by atoms with van der Waals surface area (Å²) in [6, 6.07) is 0.469. The minimum atomic E-state index is 0.469. The molecule has 3 unspecified atom stereocenters. The van der Waals surface area contributed by atoms with Gasteiger partial charge in [-0.2, -0.15) is 0 Å². The summed E-state index contributed by atoms with van der Waals surface area (Å²) in [5.41, 5.74) is 6.40. The maximum atomic E-state index is 6.40. The highest BCUT2D eigenvalue weighted by atomic mass is 15.1. The van der Waals surface area contributed by atoms with E-state index in [1.165, 1.54) is 77.4 Å². The molecule has 20 heavy (non-hydrogen) atoms. The Kier molecular flexibility index (Phi) is 6.83. The van der Waals surface area contributed by atoms with Crippen LogP contribution >= 0.6 is 0 Å². The van der Waals surface area contributed by atoms with Crippen molar-refractivity contribution in [2.24, 2.45) is 23.5 Å². The fourth-order valence-corrected chi connectivity index (χ4v) is 4.46. The predicted octanol–water partition coefficient (Wildman–Crippen LogP) is 4.04. The molecule has 1 heterocycles. The van der Waals surface area contributed by atoms with E-state index >= 15 is 0 Å². The Hall–Kier alpha value is -0.0800. The molecule has 1 aliphatic heterocycles. The van der Waals surface area contributed by atoms with Crippen molar-refractivity contribution in [2.75, 3.05) is 19.6 Å². The molecule has 0 bridgehead atoms. The minimum absolute atomic E-state index is 0.469. The van der Waals surface area contributed by atoms with E-state index in [0.29, 0.717) is 6.04 Å². The molecule has 3 atom stereocenters. The number of hydrogen-bond donors (Lipinski definition) is 1. The quantitative estimate of drug-likeness (QED) is 0.795. The first-order chi connectivity index (χ1) is 9.72. The molecule has 1 saturated heterocycles. The molecule has 118 valence electrons. The van der Waals surface area contributed by atoms with Gasteiger partial charge in [0.25, 0.3) is 0 Å². The SMILES string of the molecule is CCCC1CCN(CC2CC(CCC)CCC2N)CC1. The molecule has 0 aromatic carbocycles. The summed E-state index contributed by atoms with van der Waals surface area (Å²) in [7, 11) is 0. The van der Waals surface area contributed by atoms with Crippen molar-refractivity contribution in [1.82, 2.24) is 4.90 Å². The Balaban J connectivity index is 1.74. The molecular weight excluding hydrogens is 244 g/mol. The van der Waals surface area contributed by atoms with E-state index in [1.54, 1.807) is 0 Å². The average Bonchev–Trinajstić information content (AvgIpc) is 2.45. The lowest BCUT2D eigenvalue weighted by molar-refractivity contribution is 0.117. The normalized spacial score (nSPS) is 33.5. The van der Waals surface area contributed by atoms with Crippen LogP contribution in [0.1, 0.15) is 71.6 Å². The molecule has 2 nitrogen and oxygen atoms in total. The molecule has 0 amide bonds. The molecule has 0 spiro atoms. The Morgan fingerprint density at radius 3 is 2.20 bits per heavy atom. The van der Waals surface area contributed by atoms with E-state index in [0.717, 1.165) is 17.8 Å². The van der Waals surface area contributed by atoms with Crippen molar-refractivity contribution in [2.45, 2.75) is 77.7 Å². The fraction of sp³-hybridized carbons (Fsp3) is 1.00. The van der Waals surface area contributed by atoms with Crippen LogP contribution < -0.4 is 5.73 Å². The van der Waals surface area contributed by atoms with Gasteiger partial charge >= 0.3 is 0 Å². The lowest BCUT2D eigenvalue weighted by Gasteiger charge is -2.39. The van der Waals surface area contributed by atoms with Gasteiger partial charge in [0, 0.05) is 12.6 Å². The lowest BCUT2D eigenvalue weighted by Crippen LogP contribution is -2.45. The van der Waals surface area contributed by atoms with Crippen LogP contribution in [0, 0.1) is 17.8 Å². The minimum Gasteiger partial charge on any atom is -0.327 e. The van der Waals surface area contributed by atoms with E-state index in [2.05, 4.69) is 18.7 Å². The Morgan fingerprint density at radius 1 is 0.900 bits per heavy atom. The maximum absolute atomic E-state index is 6.40. The third-order valence-electron chi connectivity index (χ3n) is 5.74. The van der Waals surface area contributed by atoms with Crippen molar-refractivity contribution >= 4 is 0 Å². The Bertz CT molecular complexity index is 258. The van der Waals surface area contributed by atoms with Crippen LogP contribution in [-0.4, -0.2) is 30.6 Å². The zero-order valence-corrected chi connectivity index (χ0v) is 13.8. The van der Waals surface area contributed by atoms with Crippen molar-refractivity contribution in [3.8, 4) is 0 Å². The lowest BCUT2D eigenvalue weighted by atomic mass is 9.76. The van der Waals surface area contributed by atoms with Gasteiger partial charge in [-0.15, -0.1) is 0 Å². The summed E-state index contributed by atoms with van der Waals surface area (Å²) in [6.45, 7) is 8.57. The maximum Gasteiger partial charge on any atom is 0.00795 e. The van der Waals surface area contributed by atoms with Crippen LogP contribution in [0.4, 0.5) is 0 Å². The number of nitrogens with zero attached hydrogens (tertiary/aromatic N) is 1. The highest BCUT2D eigenvalue weighted by Crippen LogP contribution is 2.32. The Morgan fingerprint density at radius 2 is 1.55 bits per heavy atom. The van der Waals surface area contributed by atoms with Crippen LogP contribution in [0.15, 0.2) is 0 Å².